The molecule has 2 rings (SSSR count). The Kier molecular flexibility index (Phi) is 4.61. The molecule has 0 aliphatic heterocycles. The van der Waals surface area contributed by atoms with E-state index in [1.165, 1.54) is 11.1 Å². The highest BCUT2D eigenvalue weighted by atomic mass is 79.9. The minimum atomic E-state index is 0.835. The molecule has 2 N–H and O–H groups in total. The summed E-state index contributed by atoms with van der Waals surface area (Å²) >= 11 is 3.57. The molecule has 2 aromatic rings. The van der Waals surface area contributed by atoms with E-state index in [4.69, 9.17) is 5.73 Å². The van der Waals surface area contributed by atoms with Crippen LogP contribution < -0.4 is 5.73 Å². The van der Waals surface area contributed by atoms with Gasteiger partial charge in [0, 0.05) is 28.8 Å². The predicted molar refractivity (Wildman–Crippen MR) is 84.9 cm³/mol. The molecule has 100 valence electrons. The van der Waals surface area contributed by atoms with Gasteiger partial charge in [-0.05, 0) is 37.2 Å². The Hall–Kier alpha value is -1.32. The molecule has 0 atom stereocenters. The normalized spacial score (nSPS) is 10.9. The zero-order chi connectivity index (χ0) is 13.8. The fourth-order valence-electron chi connectivity index (χ4n) is 2.15. The van der Waals surface area contributed by atoms with E-state index in [1.54, 1.807) is 0 Å². The van der Waals surface area contributed by atoms with Crippen LogP contribution in [-0.4, -0.2) is 11.9 Å². The summed E-state index contributed by atoms with van der Waals surface area (Å²) in [5.74, 6) is 0. The fraction of sp³-hybridized carbons (Fsp3) is 0.250. The molecule has 0 unspecified atom stereocenters. The van der Waals surface area contributed by atoms with Gasteiger partial charge in [0.1, 0.15) is 0 Å². The second-order valence-corrected chi connectivity index (χ2v) is 5.76. The van der Waals surface area contributed by atoms with Crippen LogP contribution in [0.2, 0.25) is 0 Å². The van der Waals surface area contributed by atoms with Crippen molar-refractivity contribution < 1.29 is 0 Å². The molecular weight excluding hydrogens is 300 g/mol. The molecule has 0 heterocycles. The third-order valence-corrected chi connectivity index (χ3v) is 4.03. The lowest BCUT2D eigenvalue weighted by Gasteiger charge is -2.20. The smallest absolute Gasteiger partial charge is 0.0371 e. The highest BCUT2D eigenvalue weighted by molar-refractivity contribution is 9.10. The van der Waals surface area contributed by atoms with Crippen molar-refractivity contribution >= 4 is 21.6 Å². The molecule has 2 aromatic carbocycles. The van der Waals surface area contributed by atoms with E-state index in [1.807, 2.05) is 18.2 Å². The van der Waals surface area contributed by atoms with Gasteiger partial charge in [-0.1, -0.05) is 46.3 Å². The van der Waals surface area contributed by atoms with Crippen LogP contribution in [0.5, 0.6) is 0 Å². The first-order chi connectivity index (χ1) is 9.08. The van der Waals surface area contributed by atoms with E-state index in [0.717, 1.165) is 28.8 Å². The van der Waals surface area contributed by atoms with Crippen LogP contribution in [0.1, 0.15) is 16.7 Å². The van der Waals surface area contributed by atoms with E-state index in [0.29, 0.717) is 0 Å². The summed E-state index contributed by atoms with van der Waals surface area (Å²) in [4.78, 5) is 2.28. The van der Waals surface area contributed by atoms with Gasteiger partial charge in [0.2, 0.25) is 0 Å². The molecule has 0 aromatic heterocycles. The minimum Gasteiger partial charge on any atom is -0.398 e. The van der Waals surface area contributed by atoms with Crippen molar-refractivity contribution in [2.24, 2.45) is 0 Å². The van der Waals surface area contributed by atoms with Crippen molar-refractivity contribution in [2.45, 2.75) is 20.0 Å². The summed E-state index contributed by atoms with van der Waals surface area (Å²) in [7, 11) is 2.12. The Morgan fingerprint density at radius 3 is 2.47 bits per heavy atom. The lowest BCUT2D eigenvalue weighted by atomic mass is 10.1. The topological polar surface area (TPSA) is 29.3 Å². The summed E-state index contributed by atoms with van der Waals surface area (Å²) in [6.45, 7) is 3.91. The average Bonchev–Trinajstić information content (AvgIpc) is 2.37. The van der Waals surface area contributed by atoms with Gasteiger partial charge in [0.05, 0.1) is 0 Å². The van der Waals surface area contributed by atoms with E-state index in [-0.39, 0.29) is 0 Å². The highest BCUT2D eigenvalue weighted by Crippen LogP contribution is 2.24. The van der Waals surface area contributed by atoms with Crippen LogP contribution in [-0.2, 0) is 13.1 Å². The number of hydrogen-bond donors (Lipinski definition) is 1. The average molecular weight is 319 g/mol. The van der Waals surface area contributed by atoms with Crippen LogP contribution in [0.4, 0.5) is 5.69 Å². The van der Waals surface area contributed by atoms with Gasteiger partial charge in [-0.25, -0.2) is 0 Å². The number of halogens is 1. The van der Waals surface area contributed by atoms with Gasteiger partial charge < -0.3 is 5.73 Å². The molecular formula is C16H19BrN2. The predicted octanol–water partition coefficient (Wildman–Crippen LogP) is 3.97. The van der Waals surface area contributed by atoms with Gasteiger partial charge in [-0.2, -0.15) is 0 Å². The maximum atomic E-state index is 6.04. The molecule has 0 radical (unpaired) electrons. The Labute approximate surface area is 123 Å². The number of rotatable bonds is 4. The first kappa shape index (κ1) is 14.1. The number of hydrogen-bond acceptors (Lipinski definition) is 2. The van der Waals surface area contributed by atoms with E-state index in [2.05, 4.69) is 59.1 Å². The van der Waals surface area contributed by atoms with Crippen LogP contribution in [0.15, 0.2) is 46.9 Å². The molecule has 0 saturated heterocycles. The fourth-order valence-corrected chi connectivity index (χ4v) is 2.65. The first-order valence-electron chi connectivity index (χ1n) is 6.34. The highest BCUT2D eigenvalue weighted by Gasteiger charge is 2.08. The zero-order valence-corrected chi connectivity index (χ0v) is 12.9. The maximum Gasteiger partial charge on any atom is 0.0371 e. The number of nitrogens with two attached hydrogens (primary N) is 1. The lowest BCUT2D eigenvalue weighted by molar-refractivity contribution is 0.318. The lowest BCUT2D eigenvalue weighted by Crippen LogP contribution is -2.19. The van der Waals surface area contributed by atoms with Crippen molar-refractivity contribution in [3.8, 4) is 0 Å². The maximum absolute atomic E-state index is 6.04. The standard InChI is InChI=1S/C16H19BrN2/c1-12-6-3-4-7-13(12)10-19(2)11-14-15(17)8-5-9-16(14)18/h3-9H,10-11,18H2,1-2H3. The third kappa shape index (κ3) is 3.58. The van der Waals surface area contributed by atoms with Gasteiger partial charge >= 0.3 is 0 Å². The zero-order valence-electron chi connectivity index (χ0n) is 11.4. The third-order valence-electron chi connectivity index (χ3n) is 3.28. The molecule has 0 spiro atoms. The molecule has 0 fully saturated rings. The quantitative estimate of drug-likeness (QED) is 0.864. The Morgan fingerprint density at radius 2 is 1.79 bits per heavy atom. The molecule has 19 heavy (non-hydrogen) atoms. The van der Waals surface area contributed by atoms with Crippen LogP contribution in [0.25, 0.3) is 0 Å². The molecule has 0 aliphatic rings. The number of anilines is 1. The van der Waals surface area contributed by atoms with E-state index >= 15 is 0 Å². The molecule has 3 heteroatoms. The Balaban J connectivity index is 2.10. The molecule has 0 bridgehead atoms. The van der Waals surface area contributed by atoms with Gasteiger partial charge in [0.25, 0.3) is 0 Å². The number of nitrogen functional groups attached to an aromatic ring is 1. The summed E-state index contributed by atoms with van der Waals surface area (Å²) in [5.41, 5.74) is 10.7. The molecule has 2 nitrogen and oxygen atoms in total. The van der Waals surface area contributed by atoms with Gasteiger partial charge in [-0.3, -0.25) is 4.90 Å². The number of benzene rings is 2. The van der Waals surface area contributed by atoms with Gasteiger partial charge in [-0.15, -0.1) is 0 Å². The monoisotopic (exact) mass is 318 g/mol. The Morgan fingerprint density at radius 1 is 1.05 bits per heavy atom. The van der Waals surface area contributed by atoms with Crippen molar-refractivity contribution in [3.63, 3.8) is 0 Å². The second-order valence-electron chi connectivity index (χ2n) is 4.91. The Bertz CT molecular complexity index is 546. The van der Waals surface area contributed by atoms with Crippen molar-refractivity contribution in [1.29, 1.82) is 0 Å². The van der Waals surface area contributed by atoms with Crippen molar-refractivity contribution in [2.75, 3.05) is 12.8 Å². The SMILES string of the molecule is Cc1ccccc1CN(C)Cc1c(N)cccc1Br. The van der Waals surface area contributed by atoms with E-state index < -0.39 is 0 Å². The second kappa shape index (κ2) is 6.22. The summed E-state index contributed by atoms with van der Waals surface area (Å²) in [6, 6.07) is 14.4. The van der Waals surface area contributed by atoms with Crippen LogP contribution >= 0.6 is 15.9 Å². The molecule has 0 aliphatic carbocycles. The van der Waals surface area contributed by atoms with Crippen molar-refractivity contribution in [1.82, 2.24) is 4.90 Å². The van der Waals surface area contributed by atoms with Crippen molar-refractivity contribution in [3.05, 3.63) is 63.6 Å². The van der Waals surface area contributed by atoms with E-state index in [9.17, 15) is 0 Å². The molecule has 0 saturated carbocycles. The minimum absolute atomic E-state index is 0.835. The van der Waals surface area contributed by atoms with Crippen LogP contribution in [0.3, 0.4) is 0 Å². The van der Waals surface area contributed by atoms with Gasteiger partial charge in [0.15, 0.2) is 0 Å². The number of nitrogens with zero attached hydrogens (tertiary/aromatic N) is 1. The largest absolute Gasteiger partial charge is 0.398 e. The van der Waals surface area contributed by atoms with Crippen LogP contribution in [0, 0.1) is 6.92 Å². The summed E-state index contributed by atoms with van der Waals surface area (Å²) < 4.78 is 1.07. The number of aryl methyl sites for hydroxylation is 1. The summed E-state index contributed by atoms with van der Waals surface area (Å²) in [6.07, 6.45) is 0. The first-order valence-corrected chi connectivity index (χ1v) is 7.13. The molecule has 0 amide bonds. The summed E-state index contributed by atoms with van der Waals surface area (Å²) in [5, 5.41) is 0.